The Morgan fingerprint density at radius 1 is 1.11 bits per heavy atom. The molecular weight excluding hydrogens is 378 g/mol. The predicted octanol–water partition coefficient (Wildman–Crippen LogP) is 3.26. The van der Waals surface area contributed by atoms with Crippen LogP contribution in [-0.2, 0) is 4.79 Å². The number of rotatable bonds is 3. The number of aromatic nitrogens is 1. The van der Waals surface area contributed by atoms with E-state index in [1.807, 2.05) is 29.2 Å². The topological polar surface area (TPSA) is 54.9 Å². The van der Waals surface area contributed by atoms with Gasteiger partial charge in [-0.05, 0) is 35.9 Å². The van der Waals surface area contributed by atoms with Gasteiger partial charge in [-0.25, -0.2) is 4.98 Å². The summed E-state index contributed by atoms with van der Waals surface area (Å²) in [7, 11) is 0. The molecule has 1 saturated heterocycles. The Bertz CT molecular complexity index is 865. The average molecular weight is 400 g/mol. The molecule has 6 nitrogen and oxygen atoms in total. The Labute approximate surface area is 169 Å². The van der Waals surface area contributed by atoms with Gasteiger partial charge in [-0.2, -0.15) is 0 Å². The van der Waals surface area contributed by atoms with Crippen molar-refractivity contribution >= 4 is 29.4 Å². The summed E-state index contributed by atoms with van der Waals surface area (Å²) in [4.78, 5) is 21.0. The highest BCUT2D eigenvalue weighted by molar-refractivity contribution is 6.32. The van der Waals surface area contributed by atoms with Crippen molar-refractivity contribution in [2.45, 2.75) is 6.42 Å². The largest absolute Gasteiger partial charge is 0.489 e. The number of carbonyl (C=O) groups is 1. The van der Waals surface area contributed by atoms with Gasteiger partial charge < -0.3 is 19.3 Å². The number of amides is 1. The van der Waals surface area contributed by atoms with Gasteiger partial charge in [0.05, 0.1) is 18.2 Å². The molecule has 0 unspecified atom stereocenters. The van der Waals surface area contributed by atoms with Crippen molar-refractivity contribution in [2.24, 2.45) is 0 Å². The summed E-state index contributed by atoms with van der Waals surface area (Å²) in [6.45, 7) is 4.06. The van der Waals surface area contributed by atoms with Gasteiger partial charge in [0.2, 0.25) is 5.91 Å². The van der Waals surface area contributed by atoms with Crippen LogP contribution in [0.5, 0.6) is 11.5 Å². The number of benzene rings is 1. The van der Waals surface area contributed by atoms with Crippen molar-refractivity contribution in [1.82, 2.24) is 9.88 Å². The third-order valence-electron chi connectivity index (χ3n) is 4.81. The van der Waals surface area contributed by atoms with Crippen LogP contribution in [0.2, 0.25) is 5.02 Å². The molecule has 1 aromatic heterocycles. The zero-order valence-corrected chi connectivity index (χ0v) is 16.3. The SMILES string of the molecule is O=C(/C=C/c1cc(Cl)c2c(c1)OCCCO2)N1CCN(c2ccccn2)CC1. The minimum atomic E-state index is -0.0103. The summed E-state index contributed by atoms with van der Waals surface area (Å²) in [5.41, 5.74) is 0.815. The van der Waals surface area contributed by atoms with Crippen LogP contribution >= 0.6 is 11.6 Å². The van der Waals surface area contributed by atoms with E-state index in [0.717, 1.165) is 30.9 Å². The summed E-state index contributed by atoms with van der Waals surface area (Å²) < 4.78 is 11.3. The van der Waals surface area contributed by atoms with Gasteiger partial charge in [-0.1, -0.05) is 17.7 Å². The van der Waals surface area contributed by atoms with E-state index in [1.165, 1.54) is 0 Å². The number of hydrogen-bond donors (Lipinski definition) is 0. The smallest absolute Gasteiger partial charge is 0.246 e. The molecule has 4 rings (SSSR count). The highest BCUT2D eigenvalue weighted by Crippen LogP contribution is 2.38. The number of anilines is 1. The molecule has 146 valence electrons. The molecule has 1 aromatic carbocycles. The molecule has 28 heavy (non-hydrogen) atoms. The Morgan fingerprint density at radius 3 is 2.71 bits per heavy atom. The van der Waals surface area contributed by atoms with E-state index in [9.17, 15) is 4.79 Å². The highest BCUT2D eigenvalue weighted by atomic mass is 35.5. The second kappa shape index (κ2) is 8.52. The first kappa shape index (κ1) is 18.6. The molecule has 1 amide bonds. The number of pyridine rings is 1. The van der Waals surface area contributed by atoms with Crippen molar-refractivity contribution in [3.8, 4) is 11.5 Å². The Balaban J connectivity index is 1.38. The first-order valence-corrected chi connectivity index (χ1v) is 9.80. The summed E-state index contributed by atoms with van der Waals surface area (Å²) in [5.74, 6) is 2.14. The maximum absolute atomic E-state index is 12.6. The van der Waals surface area contributed by atoms with Gasteiger partial charge in [-0.3, -0.25) is 4.79 Å². The molecule has 1 fully saturated rings. The molecule has 0 atom stereocenters. The van der Waals surface area contributed by atoms with Crippen LogP contribution in [0.1, 0.15) is 12.0 Å². The number of fused-ring (bicyclic) bond motifs is 1. The van der Waals surface area contributed by atoms with Crippen molar-refractivity contribution in [2.75, 3.05) is 44.3 Å². The lowest BCUT2D eigenvalue weighted by Crippen LogP contribution is -2.48. The third-order valence-corrected chi connectivity index (χ3v) is 5.09. The summed E-state index contributed by atoms with van der Waals surface area (Å²) in [6.07, 6.45) is 5.97. The second-order valence-corrected chi connectivity index (χ2v) is 7.12. The molecule has 0 saturated carbocycles. The number of ether oxygens (including phenoxy) is 2. The van der Waals surface area contributed by atoms with E-state index < -0.39 is 0 Å². The molecule has 0 N–H and O–H groups in total. The lowest BCUT2D eigenvalue weighted by atomic mass is 10.1. The van der Waals surface area contributed by atoms with Crippen LogP contribution in [0, 0.1) is 0 Å². The molecule has 0 spiro atoms. The van der Waals surface area contributed by atoms with Crippen LogP contribution in [0.15, 0.2) is 42.6 Å². The molecule has 2 aromatic rings. The first-order chi connectivity index (χ1) is 13.7. The van der Waals surface area contributed by atoms with Crippen molar-refractivity contribution < 1.29 is 14.3 Å². The van der Waals surface area contributed by atoms with Crippen molar-refractivity contribution in [3.05, 3.63) is 53.2 Å². The van der Waals surface area contributed by atoms with Crippen molar-refractivity contribution in [1.29, 1.82) is 0 Å². The van der Waals surface area contributed by atoms with Crippen LogP contribution in [-0.4, -0.2) is 55.2 Å². The molecule has 7 heteroatoms. The normalized spacial score (nSPS) is 16.9. The summed E-state index contributed by atoms with van der Waals surface area (Å²) in [5, 5.41) is 0.496. The van der Waals surface area contributed by atoms with Crippen LogP contribution in [0.25, 0.3) is 6.08 Å². The van der Waals surface area contributed by atoms with Crippen molar-refractivity contribution in [3.63, 3.8) is 0 Å². The fourth-order valence-corrected chi connectivity index (χ4v) is 3.59. The summed E-state index contributed by atoms with van der Waals surface area (Å²) in [6, 6.07) is 9.52. The predicted molar refractivity (Wildman–Crippen MR) is 109 cm³/mol. The van der Waals surface area contributed by atoms with Gasteiger partial charge in [0.1, 0.15) is 5.82 Å². The number of hydrogen-bond acceptors (Lipinski definition) is 5. The quantitative estimate of drug-likeness (QED) is 0.741. The molecular formula is C21H22ClN3O3. The zero-order chi connectivity index (χ0) is 19.3. The first-order valence-electron chi connectivity index (χ1n) is 9.43. The second-order valence-electron chi connectivity index (χ2n) is 6.71. The standard InChI is InChI=1S/C21H22ClN3O3/c22-17-14-16(15-18-21(17)28-13-3-12-27-18)5-6-20(26)25-10-8-24(9-11-25)19-4-1-2-7-23-19/h1-2,4-7,14-15H,3,8-13H2/b6-5+. The Morgan fingerprint density at radius 2 is 1.93 bits per heavy atom. The van der Waals surface area contributed by atoms with Gasteiger partial charge in [0, 0.05) is 44.9 Å². The van der Waals surface area contributed by atoms with Crippen LogP contribution < -0.4 is 14.4 Å². The monoisotopic (exact) mass is 399 g/mol. The van der Waals surface area contributed by atoms with E-state index in [2.05, 4.69) is 9.88 Å². The minimum Gasteiger partial charge on any atom is -0.489 e. The summed E-state index contributed by atoms with van der Waals surface area (Å²) >= 11 is 6.31. The van der Waals surface area contributed by atoms with E-state index in [4.69, 9.17) is 21.1 Å². The Kier molecular flexibility index (Phi) is 5.67. The van der Waals surface area contributed by atoms with E-state index in [1.54, 1.807) is 24.4 Å². The zero-order valence-electron chi connectivity index (χ0n) is 15.5. The molecule has 3 heterocycles. The molecule has 0 aliphatic carbocycles. The van der Waals surface area contributed by atoms with Gasteiger partial charge in [0.25, 0.3) is 0 Å². The van der Waals surface area contributed by atoms with E-state index in [0.29, 0.717) is 42.8 Å². The highest BCUT2D eigenvalue weighted by Gasteiger charge is 2.20. The van der Waals surface area contributed by atoms with Crippen LogP contribution in [0.3, 0.4) is 0 Å². The lowest BCUT2D eigenvalue weighted by molar-refractivity contribution is -0.126. The molecule has 0 bridgehead atoms. The van der Waals surface area contributed by atoms with E-state index in [-0.39, 0.29) is 5.91 Å². The fourth-order valence-electron chi connectivity index (χ4n) is 3.32. The Hall–Kier alpha value is -2.73. The minimum absolute atomic E-state index is 0.0103. The fraction of sp³-hybridized carbons (Fsp3) is 0.333. The van der Waals surface area contributed by atoms with Gasteiger partial charge >= 0.3 is 0 Å². The third kappa shape index (κ3) is 4.22. The lowest BCUT2D eigenvalue weighted by Gasteiger charge is -2.34. The number of nitrogens with zero attached hydrogens (tertiary/aromatic N) is 3. The number of halogens is 1. The molecule has 0 radical (unpaired) electrons. The average Bonchev–Trinajstić information content (AvgIpc) is 2.99. The van der Waals surface area contributed by atoms with Gasteiger partial charge in [0.15, 0.2) is 11.5 Å². The molecule has 2 aliphatic heterocycles. The maximum atomic E-state index is 12.6. The van der Waals surface area contributed by atoms with E-state index >= 15 is 0 Å². The maximum Gasteiger partial charge on any atom is 0.246 e. The molecule has 2 aliphatic rings. The number of piperazine rings is 1. The van der Waals surface area contributed by atoms with Crippen LogP contribution in [0.4, 0.5) is 5.82 Å². The number of carbonyl (C=O) groups excluding carboxylic acids is 1. The van der Waals surface area contributed by atoms with Gasteiger partial charge in [-0.15, -0.1) is 0 Å².